The summed E-state index contributed by atoms with van der Waals surface area (Å²) in [6.07, 6.45) is 0. The predicted octanol–water partition coefficient (Wildman–Crippen LogP) is 4.74. The van der Waals surface area contributed by atoms with Crippen LogP contribution in [0.25, 0.3) is 10.9 Å². The van der Waals surface area contributed by atoms with E-state index in [1.165, 1.54) is 18.2 Å². The van der Waals surface area contributed by atoms with Crippen LogP contribution in [0.4, 0.5) is 19.4 Å². The summed E-state index contributed by atoms with van der Waals surface area (Å²) in [5.41, 5.74) is 1.90. The van der Waals surface area contributed by atoms with Crippen molar-refractivity contribution in [3.8, 4) is 5.75 Å². The molecule has 0 aliphatic heterocycles. The van der Waals surface area contributed by atoms with Crippen LogP contribution in [0.3, 0.4) is 0 Å². The molecule has 1 heterocycles. The molecule has 6 nitrogen and oxygen atoms in total. The maximum atomic E-state index is 13.7. The number of carbonyl (C=O) groups is 1. The normalized spacial score (nSPS) is 10.7. The maximum absolute atomic E-state index is 13.7. The van der Waals surface area contributed by atoms with Crippen molar-refractivity contribution in [2.75, 3.05) is 5.32 Å². The molecule has 3 N–H and O–H groups in total. The van der Waals surface area contributed by atoms with Crippen LogP contribution in [0.1, 0.15) is 11.1 Å². The highest BCUT2D eigenvalue weighted by atomic mass is 19.1. The van der Waals surface area contributed by atoms with Gasteiger partial charge in [-0.3, -0.25) is 10.4 Å². The molecule has 0 atom stereocenters. The topological polar surface area (TPSA) is 79.0 Å². The molecule has 0 spiro atoms. The van der Waals surface area contributed by atoms with Crippen molar-refractivity contribution in [2.45, 2.75) is 13.2 Å². The maximum Gasteiger partial charge on any atom is 0.320 e. The molecule has 0 saturated heterocycles. The average molecular weight is 408 g/mol. The summed E-state index contributed by atoms with van der Waals surface area (Å²) in [5.74, 6) is 0.255. The summed E-state index contributed by atoms with van der Waals surface area (Å²) in [5, 5.41) is 13.0. The summed E-state index contributed by atoms with van der Waals surface area (Å²) in [7, 11) is 0. The predicted molar refractivity (Wildman–Crippen MR) is 109 cm³/mol. The highest BCUT2D eigenvalue weighted by Crippen LogP contribution is 2.25. The molecular formula is C22H18F2N4O2. The van der Waals surface area contributed by atoms with Crippen molar-refractivity contribution in [1.29, 1.82) is 0 Å². The minimum absolute atomic E-state index is 0.100. The second-order valence-electron chi connectivity index (χ2n) is 6.59. The largest absolute Gasteiger partial charge is 0.489 e. The molecule has 3 aromatic carbocycles. The van der Waals surface area contributed by atoms with Crippen molar-refractivity contribution >= 4 is 22.8 Å². The van der Waals surface area contributed by atoms with Gasteiger partial charge in [0.2, 0.25) is 0 Å². The van der Waals surface area contributed by atoms with Crippen LogP contribution >= 0.6 is 0 Å². The number of benzene rings is 3. The first-order chi connectivity index (χ1) is 14.6. The lowest BCUT2D eigenvalue weighted by Gasteiger charge is -2.08. The number of fused-ring (bicyclic) bond motifs is 1. The van der Waals surface area contributed by atoms with E-state index >= 15 is 0 Å². The zero-order valence-electron chi connectivity index (χ0n) is 15.8. The molecular weight excluding hydrogens is 390 g/mol. The molecule has 0 saturated carbocycles. The van der Waals surface area contributed by atoms with E-state index in [2.05, 4.69) is 20.8 Å². The van der Waals surface area contributed by atoms with Gasteiger partial charge in [-0.15, -0.1) is 0 Å². The third kappa shape index (κ3) is 4.54. The van der Waals surface area contributed by atoms with Crippen molar-refractivity contribution in [3.63, 3.8) is 0 Å². The smallest absolute Gasteiger partial charge is 0.320 e. The summed E-state index contributed by atoms with van der Waals surface area (Å²) < 4.78 is 32.3. The quantitative estimate of drug-likeness (QED) is 0.431. The average Bonchev–Trinajstić information content (AvgIpc) is 3.14. The van der Waals surface area contributed by atoms with Crippen LogP contribution in [0.5, 0.6) is 5.75 Å². The number of hydrogen-bond donors (Lipinski definition) is 3. The van der Waals surface area contributed by atoms with Gasteiger partial charge < -0.3 is 10.1 Å². The molecule has 0 bridgehead atoms. The lowest BCUT2D eigenvalue weighted by molar-refractivity contribution is 0.251. The first kappa shape index (κ1) is 19.4. The molecule has 0 fully saturated rings. The number of urea groups is 1. The van der Waals surface area contributed by atoms with Crippen LogP contribution in [0.2, 0.25) is 0 Å². The van der Waals surface area contributed by atoms with Gasteiger partial charge in [0, 0.05) is 23.6 Å². The van der Waals surface area contributed by atoms with E-state index in [0.717, 1.165) is 5.56 Å². The number of aromatic amines is 1. The fraction of sp³-hybridized carbons (Fsp3) is 0.0909. The van der Waals surface area contributed by atoms with Gasteiger partial charge >= 0.3 is 6.03 Å². The van der Waals surface area contributed by atoms with Gasteiger partial charge in [-0.2, -0.15) is 5.10 Å². The number of ether oxygens (including phenoxy) is 1. The van der Waals surface area contributed by atoms with Gasteiger partial charge in [0.25, 0.3) is 0 Å². The number of nitrogens with one attached hydrogen (secondary N) is 3. The Morgan fingerprint density at radius 1 is 1.03 bits per heavy atom. The zero-order valence-corrected chi connectivity index (χ0v) is 15.8. The third-order valence-electron chi connectivity index (χ3n) is 4.48. The Balaban J connectivity index is 1.37. The molecule has 30 heavy (non-hydrogen) atoms. The monoisotopic (exact) mass is 408 g/mol. The molecule has 0 radical (unpaired) electrons. The number of H-pyrrole nitrogens is 1. The minimum atomic E-state index is -0.437. The van der Waals surface area contributed by atoms with Crippen LogP contribution < -0.4 is 15.4 Å². The Bertz CT molecular complexity index is 1180. The summed E-state index contributed by atoms with van der Waals surface area (Å²) in [6.45, 7) is 0.353. The fourth-order valence-corrected chi connectivity index (χ4v) is 2.90. The number of amides is 2. The van der Waals surface area contributed by atoms with Gasteiger partial charge in [-0.25, -0.2) is 13.6 Å². The Hall–Kier alpha value is -3.94. The van der Waals surface area contributed by atoms with Gasteiger partial charge in [-0.1, -0.05) is 30.3 Å². The lowest BCUT2D eigenvalue weighted by Crippen LogP contribution is -2.28. The second kappa shape index (κ2) is 8.60. The van der Waals surface area contributed by atoms with Crippen LogP contribution in [-0.2, 0) is 13.2 Å². The number of aromatic nitrogens is 2. The molecule has 0 unspecified atom stereocenters. The number of rotatable bonds is 6. The van der Waals surface area contributed by atoms with E-state index in [0.29, 0.717) is 28.0 Å². The molecule has 4 aromatic rings. The van der Waals surface area contributed by atoms with Gasteiger partial charge in [0.15, 0.2) is 5.82 Å². The molecule has 1 aromatic heterocycles. The van der Waals surface area contributed by atoms with Crippen LogP contribution in [-0.4, -0.2) is 16.2 Å². The molecule has 4 rings (SSSR count). The SMILES string of the molecule is O=C(NCc1ccc(F)cc1)Nc1n[nH]c2cc(OCc3ccccc3F)ccc12. The summed E-state index contributed by atoms with van der Waals surface area (Å²) >= 11 is 0. The van der Waals surface area contributed by atoms with Gasteiger partial charge in [0.05, 0.1) is 5.52 Å². The van der Waals surface area contributed by atoms with E-state index in [-0.39, 0.29) is 24.8 Å². The van der Waals surface area contributed by atoms with Crippen molar-refractivity contribution < 1.29 is 18.3 Å². The highest BCUT2D eigenvalue weighted by Gasteiger charge is 2.11. The van der Waals surface area contributed by atoms with Crippen LogP contribution in [0.15, 0.2) is 66.7 Å². The molecule has 2 amide bonds. The number of hydrogen-bond acceptors (Lipinski definition) is 3. The number of carbonyl (C=O) groups excluding carboxylic acids is 1. The standard InChI is InChI=1S/C22H18F2N4O2/c23-16-7-5-14(6-8-16)12-25-22(29)26-21-18-10-9-17(11-20(18)27-28-21)30-13-15-3-1-2-4-19(15)24/h1-11H,12-13H2,(H3,25,26,27,28,29). The van der Waals surface area contributed by atoms with Crippen molar-refractivity contribution in [2.24, 2.45) is 0 Å². The highest BCUT2D eigenvalue weighted by molar-refractivity contribution is 5.99. The zero-order chi connectivity index (χ0) is 20.9. The van der Waals surface area contributed by atoms with E-state index in [9.17, 15) is 13.6 Å². The molecule has 0 aliphatic carbocycles. The van der Waals surface area contributed by atoms with Gasteiger partial charge in [-0.05, 0) is 35.9 Å². The van der Waals surface area contributed by atoms with Crippen molar-refractivity contribution in [1.82, 2.24) is 15.5 Å². The first-order valence-electron chi connectivity index (χ1n) is 9.22. The molecule has 0 aliphatic rings. The molecule has 8 heteroatoms. The van der Waals surface area contributed by atoms with E-state index < -0.39 is 6.03 Å². The van der Waals surface area contributed by atoms with E-state index in [1.54, 1.807) is 48.5 Å². The fourth-order valence-electron chi connectivity index (χ4n) is 2.90. The number of halogens is 2. The summed E-state index contributed by atoms with van der Waals surface area (Å²) in [4.78, 5) is 12.1. The van der Waals surface area contributed by atoms with Gasteiger partial charge in [0.1, 0.15) is 24.0 Å². The first-order valence-corrected chi connectivity index (χ1v) is 9.22. The molecule has 152 valence electrons. The van der Waals surface area contributed by atoms with E-state index in [1.807, 2.05) is 0 Å². The lowest BCUT2D eigenvalue weighted by atomic mass is 10.2. The van der Waals surface area contributed by atoms with E-state index in [4.69, 9.17) is 4.74 Å². The van der Waals surface area contributed by atoms with Crippen LogP contribution in [0, 0.1) is 11.6 Å². The van der Waals surface area contributed by atoms with Crippen molar-refractivity contribution in [3.05, 3.63) is 89.5 Å². The Labute approximate surface area is 170 Å². The summed E-state index contributed by atoms with van der Waals surface area (Å²) in [6, 6.07) is 17.1. The second-order valence-corrected chi connectivity index (χ2v) is 6.59. The minimum Gasteiger partial charge on any atom is -0.489 e. The third-order valence-corrected chi connectivity index (χ3v) is 4.48. The Morgan fingerprint density at radius 3 is 2.63 bits per heavy atom. The Kier molecular flexibility index (Phi) is 5.56. The number of nitrogens with zero attached hydrogens (tertiary/aromatic N) is 1. The Morgan fingerprint density at radius 2 is 1.83 bits per heavy atom. The number of anilines is 1.